The molecule has 2 amide bonds. The van der Waals surface area contributed by atoms with Crippen molar-refractivity contribution in [3.05, 3.63) is 77.9 Å². The summed E-state index contributed by atoms with van der Waals surface area (Å²) < 4.78 is 20.4. The van der Waals surface area contributed by atoms with Gasteiger partial charge in [0.05, 0.1) is 32.5 Å². The second-order valence-corrected chi connectivity index (χ2v) is 12.0. The van der Waals surface area contributed by atoms with Crippen molar-refractivity contribution in [3.8, 4) is 5.75 Å². The van der Waals surface area contributed by atoms with E-state index < -0.39 is 16.0 Å². The molecule has 1 aliphatic rings. The molecule has 3 aromatic rings. The van der Waals surface area contributed by atoms with Crippen molar-refractivity contribution in [3.63, 3.8) is 0 Å². The van der Waals surface area contributed by atoms with Crippen molar-refractivity contribution < 1.29 is 28.5 Å². The van der Waals surface area contributed by atoms with E-state index >= 15 is 0 Å². The second kappa shape index (κ2) is 14.1. The van der Waals surface area contributed by atoms with Crippen molar-refractivity contribution in [2.75, 3.05) is 32.9 Å². The number of carbonyl (C=O) groups excluding carboxylic acids is 2. The Hall–Kier alpha value is -2.91. The van der Waals surface area contributed by atoms with Crippen LogP contribution in [0.15, 0.2) is 66.7 Å². The molecule has 0 aliphatic carbocycles. The van der Waals surface area contributed by atoms with Gasteiger partial charge in [0, 0.05) is 18.9 Å². The number of amides is 2. The number of likely N-dealkylation sites (tertiary alicyclic amines) is 1. The molecule has 0 saturated carbocycles. The lowest BCUT2D eigenvalue weighted by Gasteiger charge is -2.38. The first kappa shape index (κ1) is 30.1. The molecule has 3 aromatic carbocycles. The third-order valence-corrected chi connectivity index (χ3v) is 6.89. The Kier molecular flexibility index (Phi) is 10.6. The molecule has 2 atom stereocenters. The highest BCUT2D eigenvalue weighted by Crippen LogP contribution is 2.33. The Labute approximate surface area is 248 Å². The van der Waals surface area contributed by atoms with Crippen LogP contribution in [0.4, 0.5) is 9.59 Å². The molecule has 4 rings (SSSR count). The highest BCUT2D eigenvalue weighted by molar-refractivity contribution is 6.67. The van der Waals surface area contributed by atoms with Crippen molar-refractivity contribution in [1.29, 1.82) is 0 Å². The molecule has 40 heavy (non-hydrogen) atoms. The molecule has 8 nitrogen and oxygen atoms in total. The third kappa shape index (κ3) is 9.06. The first-order valence-electron chi connectivity index (χ1n) is 12.9. The van der Waals surface area contributed by atoms with Crippen molar-refractivity contribution >= 4 is 57.8 Å². The minimum absolute atomic E-state index is 0.0377. The third-order valence-electron chi connectivity index (χ3n) is 6.56. The number of primary amides is 1. The van der Waals surface area contributed by atoms with E-state index in [0.29, 0.717) is 44.9 Å². The van der Waals surface area contributed by atoms with Crippen LogP contribution >= 0.6 is 34.8 Å². The Balaban J connectivity index is 1.42. The van der Waals surface area contributed by atoms with Crippen LogP contribution in [0.25, 0.3) is 10.8 Å². The summed E-state index contributed by atoms with van der Waals surface area (Å²) in [5.74, 6) is 0.736. The zero-order valence-corrected chi connectivity index (χ0v) is 24.0. The fraction of sp³-hybridized carbons (Fsp3) is 0.379. The molecule has 0 radical (unpaired) electrons. The van der Waals surface area contributed by atoms with Gasteiger partial charge in [0.2, 0.25) is 3.79 Å². The number of nitrogens with two attached hydrogens (primary N) is 1. The number of nitrogens with zero attached hydrogens (tertiary/aromatic N) is 1. The molecular formula is C29H31Cl3N2O6. The highest BCUT2D eigenvalue weighted by Gasteiger charge is 2.35. The summed E-state index contributed by atoms with van der Waals surface area (Å²) in [5, 5.41) is 2.30. The van der Waals surface area contributed by atoms with Gasteiger partial charge < -0.3 is 29.6 Å². The standard InChI is InChI=1S/C29H31Cl3N2O6/c30-29(31,32)19-40-28(36)34-13-12-25(22-8-10-24(11-9-22)37-14-3-15-38-27(33)35)26(17-34)39-18-20-6-7-21-4-1-2-5-23(21)16-20/h1-2,4-11,16,25-26H,3,12-15,17-19H2,(H2,33,35). The molecule has 1 fully saturated rings. The Morgan fingerprint density at radius 3 is 2.42 bits per heavy atom. The molecule has 1 aliphatic heterocycles. The molecule has 2 N–H and O–H groups in total. The van der Waals surface area contributed by atoms with E-state index in [1.165, 1.54) is 0 Å². The largest absolute Gasteiger partial charge is 0.493 e. The molecule has 1 saturated heterocycles. The summed E-state index contributed by atoms with van der Waals surface area (Å²) in [6, 6.07) is 22.2. The maximum atomic E-state index is 12.7. The topological polar surface area (TPSA) is 100 Å². The van der Waals surface area contributed by atoms with Gasteiger partial charge >= 0.3 is 12.2 Å². The number of fused-ring (bicyclic) bond motifs is 1. The molecule has 214 valence electrons. The van der Waals surface area contributed by atoms with Gasteiger partial charge in [0.25, 0.3) is 0 Å². The Morgan fingerprint density at radius 2 is 1.70 bits per heavy atom. The van der Waals surface area contributed by atoms with E-state index in [-0.39, 0.29) is 25.2 Å². The minimum atomic E-state index is -1.68. The van der Waals surface area contributed by atoms with Crippen LogP contribution in [0.1, 0.15) is 29.9 Å². The zero-order chi connectivity index (χ0) is 28.5. The van der Waals surface area contributed by atoms with Gasteiger partial charge in [-0.05, 0) is 46.5 Å². The Morgan fingerprint density at radius 1 is 0.950 bits per heavy atom. The molecule has 0 aromatic heterocycles. The predicted molar refractivity (Wildman–Crippen MR) is 155 cm³/mol. The van der Waals surface area contributed by atoms with Crippen LogP contribution < -0.4 is 10.5 Å². The maximum Gasteiger partial charge on any atom is 0.409 e. The first-order valence-corrected chi connectivity index (χ1v) is 14.0. The smallest absolute Gasteiger partial charge is 0.409 e. The summed E-state index contributed by atoms with van der Waals surface area (Å²) in [4.78, 5) is 25.0. The number of hydrogen-bond acceptors (Lipinski definition) is 6. The van der Waals surface area contributed by atoms with Gasteiger partial charge in [-0.25, -0.2) is 9.59 Å². The normalized spacial score (nSPS) is 17.4. The summed E-state index contributed by atoms with van der Waals surface area (Å²) in [6.45, 7) is 1.43. The number of alkyl halides is 3. The van der Waals surface area contributed by atoms with Gasteiger partial charge in [-0.15, -0.1) is 0 Å². The molecule has 2 unspecified atom stereocenters. The molecule has 0 bridgehead atoms. The van der Waals surface area contributed by atoms with Crippen LogP contribution in [-0.4, -0.2) is 59.9 Å². The van der Waals surface area contributed by atoms with E-state index in [9.17, 15) is 9.59 Å². The lowest BCUT2D eigenvalue weighted by Crippen LogP contribution is -2.47. The minimum Gasteiger partial charge on any atom is -0.493 e. The molecule has 0 spiro atoms. The van der Waals surface area contributed by atoms with Crippen molar-refractivity contribution in [2.45, 2.75) is 35.3 Å². The fourth-order valence-corrected chi connectivity index (χ4v) is 4.80. The first-order chi connectivity index (χ1) is 19.2. The lowest BCUT2D eigenvalue weighted by atomic mass is 9.87. The van der Waals surface area contributed by atoms with Crippen LogP contribution in [0.3, 0.4) is 0 Å². The van der Waals surface area contributed by atoms with Crippen LogP contribution in [-0.2, 0) is 20.8 Å². The van der Waals surface area contributed by atoms with Gasteiger partial charge in [-0.3, -0.25) is 0 Å². The summed E-state index contributed by atoms with van der Waals surface area (Å²) in [6.07, 6.45) is -0.448. The Bertz CT molecular complexity index is 1280. The number of halogens is 3. The number of piperidine rings is 1. The van der Waals surface area contributed by atoms with E-state index in [1.807, 2.05) is 42.5 Å². The average Bonchev–Trinajstić information content (AvgIpc) is 2.94. The predicted octanol–water partition coefficient (Wildman–Crippen LogP) is 6.59. The molecule has 11 heteroatoms. The summed E-state index contributed by atoms with van der Waals surface area (Å²) in [5.41, 5.74) is 7.07. The number of rotatable bonds is 10. The van der Waals surface area contributed by atoms with E-state index in [2.05, 4.69) is 24.3 Å². The maximum absolute atomic E-state index is 12.7. The average molecular weight is 610 g/mol. The number of hydrogen-bond donors (Lipinski definition) is 1. The van der Waals surface area contributed by atoms with E-state index in [0.717, 1.165) is 21.9 Å². The highest BCUT2D eigenvalue weighted by atomic mass is 35.6. The van der Waals surface area contributed by atoms with Gasteiger partial charge in [0.15, 0.2) is 0 Å². The molecule has 1 heterocycles. The SMILES string of the molecule is NC(=O)OCCCOc1ccc(C2CCN(C(=O)OCC(Cl)(Cl)Cl)CC2OCc2ccc3ccccc3c2)cc1. The monoisotopic (exact) mass is 608 g/mol. The van der Waals surface area contributed by atoms with Crippen molar-refractivity contribution in [1.82, 2.24) is 4.90 Å². The summed E-state index contributed by atoms with van der Waals surface area (Å²) >= 11 is 17.3. The lowest BCUT2D eigenvalue weighted by molar-refractivity contribution is -0.0236. The number of ether oxygens (including phenoxy) is 4. The van der Waals surface area contributed by atoms with Gasteiger partial charge in [-0.2, -0.15) is 0 Å². The van der Waals surface area contributed by atoms with Gasteiger partial charge in [0.1, 0.15) is 12.4 Å². The van der Waals surface area contributed by atoms with Crippen LogP contribution in [0.5, 0.6) is 5.75 Å². The van der Waals surface area contributed by atoms with Crippen molar-refractivity contribution in [2.24, 2.45) is 5.73 Å². The second-order valence-electron chi connectivity index (χ2n) is 9.48. The number of benzene rings is 3. The van der Waals surface area contributed by atoms with Gasteiger partial charge in [-0.1, -0.05) is 83.3 Å². The quantitative estimate of drug-likeness (QED) is 0.206. The molecular weight excluding hydrogens is 579 g/mol. The zero-order valence-electron chi connectivity index (χ0n) is 21.8. The fourth-order valence-electron chi connectivity index (χ4n) is 4.63. The summed E-state index contributed by atoms with van der Waals surface area (Å²) in [7, 11) is 0. The van der Waals surface area contributed by atoms with E-state index in [1.54, 1.807) is 4.90 Å². The number of carbonyl (C=O) groups is 2. The van der Waals surface area contributed by atoms with Crippen LogP contribution in [0, 0.1) is 0 Å². The van der Waals surface area contributed by atoms with E-state index in [4.69, 9.17) is 59.5 Å². The van der Waals surface area contributed by atoms with Crippen LogP contribution in [0.2, 0.25) is 0 Å².